The Kier molecular flexibility index (Phi) is 4.24. The van der Waals surface area contributed by atoms with Crippen molar-refractivity contribution in [1.29, 1.82) is 0 Å². The minimum absolute atomic E-state index is 0.140. The van der Waals surface area contributed by atoms with E-state index in [2.05, 4.69) is 10.3 Å². The van der Waals surface area contributed by atoms with Crippen LogP contribution < -0.4 is 15.5 Å². The van der Waals surface area contributed by atoms with Gasteiger partial charge in [0.1, 0.15) is 12.0 Å². The first-order valence-electron chi connectivity index (χ1n) is 7.32. The third kappa shape index (κ3) is 3.10. The molecule has 0 fully saturated rings. The molecule has 0 unspecified atom stereocenters. The van der Waals surface area contributed by atoms with E-state index in [1.807, 2.05) is 24.4 Å². The van der Waals surface area contributed by atoms with Gasteiger partial charge in [0.25, 0.3) is 5.91 Å². The first-order valence-corrected chi connectivity index (χ1v) is 7.32. The Labute approximate surface area is 136 Å². The average molecular weight is 328 g/mol. The van der Waals surface area contributed by atoms with Gasteiger partial charge in [-0.2, -0.15) is 0 Å². The lowest BCUT2D eigenvalue weighted by Crippen LogP contribution is -2.26. The molecule has 1 aromatic carbocycles. The maximum absolute atomic E-state index is 11.9. The van der Waals surface area contributed by atoms with Crippen LogP contribution in [-0.2, 0) is 6.42 Å². The van der Waals surface area contributed by atoms with Crippen molar-refractivity contribution in [2.45, 2.75) is 6.42 Å². The highest BCUT2D eigenvalue weighted by atomic mass is 16.5. The summed E-state index contributed by atoms with van der Waals surface area (Å²) in [6.45, 7) is 0.369. The number of fused-ring (bicyclic) bond motifs is 1. The molecule has 7 heteroatoms. The second-order valence-corrected chi connectivity index (χ2v) is 5.23. The van der Waals surface area contributed by atoms with Crippen LogP contribution >= 0.6 is 0 Å². The number of aromatic amines is 1. The van der Waals surface area contributed by atoms with Crippen LogP contribution in [0.5, 0.6) is 11.5 Å². The van der Waals surface area contributed by atoms with Crippen molar-refractivity contribution in [3.63, 3.8) is 0 Å². The van der Waals surface area contributed by atoms with Crippen LogP contribution in [0.1, 0.15) is 16.1 Å². The van der Waals surface area contributed by atoms with E-state index in [9.17, 15) is 9.59 Å². The smallest absolute Gasteiger partial charge is 0.287 e. The number of amides is 1. The number of carbonyl (C=O) groups excluding carboxylic acids is 1. The number of carbonyl (C=O) groups is 1. The van der Waals surface area contributed by atoms with Crippen molar-refractivity contribution in [1.82, 2.24) is 10.3 Å². The lowest BCUT2D eigenvalue weighted by atomic mass is 10.1. The normalized spacial score (nSPS) is 10.7. The Hall–Kier alpha value is -3.22. The summed E-state index contributed by atoms with van der Waals surface area (Å²) in [5.41, 5.74) is 1.37. The highest BCUT2D eigenvalue weighted by molar-refractivity contribution is 5.91. The zero-order valence-electron chi connectivity index (χ0n) is 13.0. The molecule has 0 saturated heterocycles. The van der Waals surface area contributed by atoms with Gasteiger partial charge in [-0.15, -0.1) is 0 Å². The molecule has 0 spiro atoms. The Morgan fingerprint density at radius 3 is 2.96 bits per heavy atom. The summed E-state index contributed by atoms with van der Waals surface area (Å²) >= 11 is 0. The average Bonchev–Trinajstić information content (AvgIpc) is 2.99. The minimum atomic E-state index is -0.657. The molecule has 124 valence electrons. The number of benzene rings is 1. The summed E-state index contributed by atoms with van der Waals surface area (Å²) < 4.78 is 10.1. The molecule has 3 rings (SSSR count). The summed E-state index contributed by atoms with van der Waals surface area (Å²) in [6.07, 6.45) is 3.33. The van der Waals surface area contributed by atoms with E-state index in [4.69, 9.17) is 14.3 Å². The van der Waals surface area contributed by atoms with Gasteiger partial charge in [0, 0.05) is 29.7 Å². The highest BCUT2D eigenvalue weighted by Gasteiger charge is 2.11. The molecule has 0 saturated carbocycles. The Morgan fingerprint density at radius 1 is 1.38 bits per heavy atom. The fourth-order valence-corrected chi connectivity index (χ4v) is 2.41. The summed E-state index contributed by atoms with van der Waals surface area (Å²) in [7, 11) is 1.61. The Bertz CT molecular complexity index is 942. The number of hydrogen-bond acceptors (Lipinski definition) is 5. The third-order valence-corrected chi connectivity index (χ3v) is 3.69. The first-order chi connectivity index (χ1) is 11.6. The molecule has 0 atom stereocenters. The molecule has 2 heterocycles. The maximum atomic E-state index is 11.9. The van der Waals surface area contributed by atoms with Gasteiger partial charge < -0.3 is 24.6 Å². The second kappa shape index (κ2) is 6.49. The molecular formula is C17H16N2O5. The van der Waals surface area contributed by atoms with Gasteiger partial charge in [-0.3, -0.25) is 9.59 Å². The van der Waals surface area contributed by atoms with Gasteiger partial charge in [0.2, 0.25) is 5.43 Å². The minimum Gasteiger partial charge on any atom is -0.502 e. The van der Waals surface area contributed by atoms with Gasteiger partial charge in [0.15, 0.2) is 11.5 Å². The lowest BCUT2D eigenvalue weighted by molar-refractivity contribution is 0.0923. The summed E-state index contributed by atoms with van der Waals surface area (Å²) in [5.74, 6) is -0.416. The molecular weight excluding hydrogens is 312 g/mol. The SMILES string of the molecule is COc1ccc2[nH]cc(CCNC(=O)c3cc(=O)c(O)co3)c2c1. The fraction of sp³-hybridized carbons (Fsp3) is 0.176. The van der Waals surface area contributed by atoms with Crippen molar-refractivity contribution in [2.75, 3.05) is 13.7 Å². The number of nitrogens with one attached hydrogen (secondary N) is 2. The predicted octanol–water partition coefficient (Wildman–Crippen LogP) is 1.81. The van der Waals surface area contributed by atoms with E-state index in [1.165, 1.54) is 0 Å². The standard InChI is InChI=1S/C17H16N2O5/c1-23-11-2-3-13-12(6-11)10(8-19-13)4-5-18-17(22)16-7-14(20)15(21)9-24-16/h2-3,6-9,19,21H,4-5H2,1H3,(H,18,22). The van der Waals surface area contributed by atoms with Crippen molar-refractivity contribution in [3.8, 4) is 11.5 Å². The van der Waals surface area contributed by atoms with E-state index in [0.29, 0.717) is 13.0 Å². The van der Waals surface area contributed by atoms with E-state index >= 15 is 0 Å². The first kappa shape index (κ1) is 15.7. The zero-order valence-corrected chi connectivity index (χ0v) is 13.0. The van der Waals surface area contributed by atoms with Crippen molar-refractivity contribution in [3.05, 3.63) is 58.3 Å². The quantitative estimate of drug-likeness (QED) is 0.662. The van der Waals surface area contributed by atoms with Crippen LogP contribution in [0.2, 0.25) is 0 Å². The van der Waals surface area contributed by atoms with Crippen LogP contribution in [0.25, 0.3) is 10.9 Å². The topological polar surface area (TPSA) is 105 Å². The van der Waals surface area contributed by atoms with Crippen molar-refractivity contribution in [2.24, 2.45) is 0 Å². The third-order valence-electron chi connectivity index (χ3n) is 3.69. The summed E-state index contributed by atoms with van der Waals surface area (Å²) in [4.78, 5) is 26.4. The number of hydrogen-bond donors (Lipinski definition) is 3. The molecule has 0 aliphatic carbocycles. The second-order valence-electron chi connectivity index (χ2n) is 5.23. The molecule has 3 aromatic rings. The fourth-order valence-electron chi connectivity index (χ4n) is 2.41. The van der Waals surface area contributed by atoms with Crippen LogP contribution in [0.3, 0.4) is 0 Å². The molecule has 1 amide bonds. The zero-order chi connectivity index (χ0) is 17.1. The Balaban J connectivity index is 1.67. The monoisotopic (exact) mass is 328 g/mol. The number of methoxy groups -OCH3 is 1. The van der Waals surface area contributed by atoms with Crippen molar-refractivity contribution < 1.29 is 19.1 Å². The molecule has 24 heavy (non-hydrogen) atoms. The highest BCUT2D eigenvalue weighted by Crippen LogP contribution is 2.23. The number of ether oxygens (including phenoxy) is 1. The van der Waals surface area contributed by atoms with E-state index < -0.39 is 17.1 Å². The van der Waals surface area contributed by atoms with Gasteiger partial charge in [-0.1, -0.05) is 0 Å². The predicted molar refractivity (Wildman–Crippen MR) is 87.5 cm³/mol. The number of aromatic hydroxyl groups is 1. The van der Waals surface area contributed by atoms with E-state index in [1.54, 1.807) is 7.11 Å². The maximum Gasteiger partial charge on any atom is 0.287 e. The largest absolute Gasteiger partial charge is 0.502 e. The van der Waals surface area contributed by atoms with Crippen molar-refractivity contribution >= 4 is 16.8 Å². The summed E-state index contributed by atoms with van der Waals surface area (Å²) in [6, 6.07) is 6.70. The van der Waals surface area contributed by atoms with Gasteiger partial charge in [0.05, 0.1) is 7.11 Å². The van der Waals surface area contributed by atoms with Crippen LogP contribution in [0, 0.1) is 0 Å². The van der Waals surface area contributed by atoms with Crippen LogP contribution in [0.4, 0.5) is 0 Å². The molecule has 0 aliphatic heterocycles. The molecule has 0 aliphatic rings. The molecule has 0 radical (unpaired) electrons. The molecule has 2 aromatic heterocycles. The molecule has 7 nitrogen and oxygen atoms in total. The van der Waals surface area contributed by atoms with Crippen LogP contribution in [-0.4, -0.2) is 29.7 Å². The van der Waals surface area contributed by atoms with E-state index in [0.717, 1.165) is 34.5 Å². The summed E-state index contributed by atoms with van der Waals surface area (Å²) in [5, 5.41) is 12.8. The number of rotatable bonds is 5. The van der Waals surface area contributed by atoms with Gasteiger partial charge in [-0.25, -0.2) is 0 Å². The number of aromatic nitrogens is 1. The molecule has 3 N–H and O–H groups in total. The van der Waals surface area contributed by atoms with E-state index in [-0.39, 0.29) is 5.76 Å². The molecule has 0 bridgehead atoms. The van der Waals surface area contributed by atoms with Gasteiger partial charge in [-0.05, 0) is 30.2 Å². The lowest BCUT2D eigenvalue weighted by Gasteiger charge is -2.05. The van der Waals surface area contributed by atoms with Gasteiger partial charge >= 0.3 is 0 Å². The number of H-pyrrole nitrogens is 1. The Morgan fingerprint density at radius 2 is 2.21 bits per heavy atom. The van der Waals surface area contributed by atoms with Crippen LogP contribution in [0.15, 0.2) is 45.9 Å².